The molecule has 1 aromatic carbocycles. The summed E-state index contributed by atoms with van der Waals surface area (Å²) in [6.45, 7) is 14.1. The van der Waals surface area contributed by atoms with E-state index in [1.807, 2.05) is 31.4 Å². The molecular weight excluding hydrogens is 627 g/mol. The zero-order valence-corrected chi connectivity index (χ0v) is 29.2. The number of hydrogen-bond donors (Lipinski definition) is 0. The van der Waals surface area contributed by atoms with Gasteiger partial charge < -0.3 is 23.4 Å². The number of amides is 1. The van der Waals surface area contributed by atoms with Crippen molar-refractivity contribution in [3.8, 4) is 23.1 Å². The lowest BCUT2D eigenvalue weighted by Crippen LogP contribution is -2.41. The Morgan fingerprint density at radius 2 is 1.83 bits per heavy atom. The van der Waals surface area contributed by atoms with E-state index in [4.69, 9.17) is 13.9 Å². The number of likely N-dealkylation sites (tertiary alicyclic amines) is 1. The summed E-state index contributed by atoms with van der Waals surface area (Å²) in [4.78, 5) is 22.7. The summed E-state index contributed by atoms with van der Waals surface area (Å²) in [6, 6.07) is 8.66. The Balaban J connectivity index is 1.47. The maximum Gasteiger partial charge on any atom is 0.419 e. The van der Waals surface area contributed by atoms with E-state index in [1.165, 1.54) is 12.1 Å². The first-order chi connectivity index (χ1) is 22.1. The number of carbonyl (C=O) groups is 1. The number of nitrogens with zero attached hydrogens (tertiary/aromatic N) is 5. The number of aromatic nitrogens is 3. The van der Waals surface area contributed by atoms with E-state index in [9.17, 15) is 23.2 Å². The highest BCUT2D eigenvalue weighted by molar-refractivity contribution is 6.71. The highest BCUT2D eigenvalue weighted by Crippen LogP contribution is 2.40. The Labute approximate surface area is 276 Å². The van der Waals surface area contributed by atoms with Gasteiger partial charge in [-0.2, -0.15) is 18.4 Å². The second kappa shape index (κ2) is 15.1. The molecule has 13 heteroatoms. The standard InChI is InChI=1S/C34H46F3N5O4Si/c1-7-8-21-47(5,6)45-20-18-41-17-13-26-30(39-29(23-38)40-31(26)41)25-9-10-28(27(22-25)34(35,36)37)44-19-14-24-11-15-42(16-12-24)32(43)46-33(2,3)4/h9-10,13,17,22,24H,7-8,11-12,14-16,18-21H2,1-6H3. The fourth-order valence-electron chi connectivity index (χ4n) is 5.70. The van der Waals surface area contributed by atoms with E-state index in [0.29, 0.717) is 43.7 Å². The fraction of sp³-hybridized carbons (Fsp3) is 0.588. The average Bonchev–Trinajstić information content (AvgIpc) is 3.41. The van der Waals surface area contributed by atoms with Crippen LogP contribution in [0.4, 0.5) is 18.0 Å². The van der Waals surface area contributed by atoms with Crippen molar-refractivity contribution in [3.05, 3.63) is 41.9 Å². The van der Waals surface area contributed by atoms with Crippen LogP contribution in [0, 0.1) is 17.2 Å². The van der Waals surface area contributed by atoms with E-state index in [1.54, 1.807) is 17.2 Å². The lowest BCUT2D eigenvalue weighted by Gasteiger charge is -2.33. The number of hydrogen-bond acceptors (Lipinski definition) is 7. The Kier molecular flexibility index (Phi) is 11.6. The van der Waals surface area contributed by atoms with Gasteiger partial charge in [0.25, 0.3) is 0 Å². The van der Waals surface area contributed by atoms with Crippen LogP contribution < -0.4 is 4.74 Å². The van der Waals surface area contributed by atoms with Crippen molar-refractivity contribution >= 4 is 25.4 Å². The van der Waals surface area contributed by atoms with Gasteiger partial charge in [-0.25, -0.2) is 14.8 Å². The molecule has 1 aliphatic heterocycles. The number of nitriles is 1. The first-order valence-electron chi connectivity index (χ1n) is 16.3. The predicted molar refractivity (Wildman–Crippen MR) is 176 cm³/mol. The lowest BCUT2D eigenvalue weighted by atomic mass is 9.94. The van der Waals surface area contributed by atoms with Gasteiger partial charge in [0.1, 0.15) is 23.1 Å². The number of alkyl halides is 3. The van der Waals surface area contributed by atoms with Crippen molar-refractivity contribution in [3.63, 3.8) is 0 Å². The molecule has 0 radical (unpaired) electrons. The minimum absolute atomic E-state index is 0.110. The molecule has 0 unspecified atom stereocenters. The molecule has 47 heavy (non-hydrogen) atoms. The summed E-state index contributed by atoms with van der Waals surface area (Å²) in [5, 5.41) is 10.2. The van der Waals surface area contributed by atoms with Gasteiger partial charge in [-0.3, -0.25) is 0 Å². The molecule has 256 valence electrons. The number of piperidine rings is 1. The second-order valence-corrected chi connectivity index (χ2v) is 18.0. The maximum absolute atomic E-state index is 14.3. The summed E-state index contributed by atoms with van der Waals surface area (Å²) in [6.07, 6.45) is 1.02. The molecule has 3 heterocycles. The van der Waals surface area contributed by atoms with Crippen molar-refractivity contribution in [2.24, 2.45) is 5.92 Å². The molecule has 1 aliphatic rings. The first-order valence-corrected chi connectivity index (χ1v) is 19.4. The average molecular weight is 674 g/mol. The van der Waals surface area contributed by atoms with Gasteiger partial charge in [0.2, 0.25) is 5.82 Å². The highest BCUT2D eigenvalue weighted by atomic mass is 28.4. The number of ether oxygens (including phenoxy) is 2. The van der Waals surface area contributed by atoms with Gasteiger partial charge in [0.05, 0.1) is 24.5 Å². The maximum atomic E-state index is 14.3. The topological polar surface area (TPSA) is 103 Å². The molecule has 0 atom stereocenters. The third-order valence-electron chi connectivity index (χ3n) is 8.28. The summed E-state index contributed by atoms with van der Waals surface area (Å²) in [5.41, 5.74) is -0.554. The van der Waals surface area contributed by atoms with Gasteiger partial charge in [-0.1, -0.05) is 19.8 Å². The largest absolute Gasteiger partial charge is 0.493 e. The smallest absolute Gasteiger partial charge is 0.419 e. The Morgan fingerprint density at radius 3 is 2.47 bits per heavy atom. The monoisotopic (exact) mass is 673 g/mol. The van der Waals surface area contributed by atoms with E-state index in [2.05, 4.69) is 30.0 Å². The Bertz CT molecular complexity index is 1570. The molecule has 1 amide bonds. The van der Waals surface area contributed by atoms with E-state index in [0.717, 1.165) is 37.8 Å². The minimum atomic E-state index is -4.67. The van der Waals surface area contributed by atoms with Crippen LogP contribution in [0.5, 0.6) is 5.75 Å². The molecule has 0 spiro atoms. The molecule has 0 N–H and O–H groups in total. The van der Waals surface area contributed by atoms with Crippen molar-refractivity contribution < 1.29 is 31.9 Å². The second-order valence-electron chi connectivity index (χ2n) is 13.7. The molecule has 0 aliphatic carbocycles. The number of carbonyl (C=O) groups excluding carboxylic acids is 1. The van der Waals surface area contributed by atoms with Crippen LogP contribution in [0.3, 0.4) is 0 Å². The quantitative estimate of drug-likeness (QED) is 0.178. The van der Waals surface area contributed by atoms with Crippen LogP contribution in [0.2, 0.25) is 19.1 Å². The van der Waals surface area contributed by atoms with Crippen LogP contribution in [-0.2, 0) is 21.9 Å². The number of halogens is 3. The Morgan fingerprint density at radius 1 is 1.11 bits per heavy atom. The lowest BCUT2D eigenvalue weighted by molar-refractivity contribution is -0.138. The summed E-state index contributed by atoms with van der Waals surface area (Å²) >= 11 is 0. The van der Waals surface area contributed by atoms with Crippen LogP contribution in [0.1, 0.15) is 71.2 Å². The van der Waals surface area contributed by atoms with Crippen molar-refractivity contribution in [1.29, 1.82) is 5.26 Å². The van der Waals surface area contributed by atoms with E-state index >= 15 is 0 Å². The van der Waals surface area contributed by atoms with Gasteiger partial charge >= 0.3 is 12.3 Å². The minimum Gasteiger partial charge on any atom is -0.493 e. The summed E-state index contributed by atoms with van der Waals surface area (Å²) in [7, 11) is -1.81. The summed E-state index contributed by atoms with van der Waals surface area (Å²) < 4.78 is 62.2. The molecule has 3 aromatic rings. The molecule has 0 bridgehead atoms. The first kappa shape index (κ1) is 36.2. The van der Waals surface area contributed by atoms with E-state index < -0.39 is 25.7 Å². The molecule has 1 fully saturated rings. The zero-order chi connectivity index (χ0) is 34.4. The van der Waals surface area contributed by atoms with Crippen LogP contribution in [0.25, 0.3) is 22.3 Å². The van der Waals surface area contributed by atoms with Gasteiger partial charge in [0, 0.05) is 36.8 Å². The normalized spacial score (nSPS) is 14.8. The van der Waals surface area contributed by atoms with Crippen LogP contribution >= 0.6 is 0 Å². The fourth-order valence-corrected chi connectivity index (χ4v) is 7.69. The SMILES string of the molecule is CCCC[Si](C)(C)OCCn1ccc2c(-c3ccc(OCCC4CCN(C(=O)OC(C)(C)C)CC4)c(C(F)(F)F)c3)nc(C#N)nc21. The number of benzene rings is 1. The molecule has 0 saturated carbocycles. The van der Waals surface area contributed by atoms with Crippen molar-refractivity contribution in [2.75, 3.05) is 26.3 Å². The number of rotatable bonds is 12. The predicted octanol–water partition coefficient (Wildman–Crippen LogP) is 8.43. The van der Waals surface area contributed by atoms with Crippen molar-refractivity contribution in [2.45, 2.75) is 97.3 Å². The van der Waals surface area contributed by atoms with Crippen LogP contribution in [-0.4, -0.2) is 65.7 Å². The third kappa shape index (κ3) is 9.93. The molecular formula is C34H46F3N5O4Si. The van der Waals surface area contributed by atoms with E-state index in [-0.39, 0.29) is 41.4 Å². The number of fused-ring (bicyclic) bond motifs is 1. The molecule has 1 saturated heterocycles. The highest BCUT2D eigenvalue weighted by Gasteiger charge is 2.35. The Hall–Kier alpha value is -3.63. The molecule has 2 aromatic heterocycles. The van der Waals surface area contributed by atoms with Gasteiger partial charge in [-0.05, 0) is 89.4 Å². The third-order valence-corrected chi connectivity index (χ3v) is 10.8. The van der Waals surface area contributed by atoms with Crippen LogP contribution in [0.15, 0.2) is 30.5 Å². The molecule has 9 nitrogen and oxygen atoms in total. The number of unbranched alkanes of at least 4 members (excludes halogenated alkanes) is 1. The van der Waals surface area contributed by atoms with Gasteiger partial charge in [-0.15, -0.1) is 0 Å². The summed E-state index contributed by atoms with van der Waals surface area (Å²) in [5.74, 6) is -0.166. The zero-order valence-electron chi connectivity index (χ0n) is 28.2. The van der Waals surface area contributed by atoms with Crippen molar-refractivity contribution in [1.82, 2.24) is 19.4 Å². The van der Waals surface area contributed by atoms with Gasteiger partial charge in [0.15, 0.2) is 8.32 Å². The molecule has 4 rings (SSSR count).